The second-order valence-electron chi connectivity index (χ2n) is 5.74. The first-order valence-electron chi connectivity index (χ1n) is 7.85. The van der Waals surface area contributed by atoms with Crippen LogP contribution in [-0.4, -0.2) is 31.4 Å². The molecule has 0 bridgehead atoms. The molecule has 0 aliphatic heterocycles. The van der Waals surface area contributed by atoms with Gasteiger partial charge in [0.2, 0.25) is 0 Å². The van der Waals surface area contributed by atoms with Crippen molar-refractivity contribution >= 4 is 11.6 Å². The first-order valence-corrected chi connectivity index (χ1v) is 8.23. The van der Waals surface area contributed by atoms with E-state index in [0.29, 0.717) is 12.6 Å². The van der Waals surface area contributed by atoms with Crippen LogP contribution in [0.4, 0.5) is 0 Å². The van der Waals surface area contributed by atoms with Crippen LogP contribution in [0.5, 0.6) is 5.75 Å². The van der Waals surface area contributed by atoms with Crippen molar-refractivity contribution in [3.05, 3.63) is 28.3 Å². The van der Waals surface area contributed by atoms with Gasteiger partial charge in [0.15, 0.2) is 0 Å². The SMILES string of the molecule is CCCNC1CC(Oc2cc(C)c(Cl)c(C)c2)C1OCC. The van der Waals surface area contributed by atoms with Crippen LogP contribution >= 0.6 is 11.6 Å². The molecule has 118 valence electrons. The molecule has 1 aliphatic rings. The predicted octanol–water partition coefficient (Wildman–Crippen LogP) is 3.88. The summed E-state index contributed by atoms with van der Waals surface area (Å²) < 4.78 is 12.0. The monoisotopic (exact) mass is 311 g/mol. The van der Waals surface area contributed by atoms with E-state index in [-0.39, 0.29) is 12.2 Å². The standard InChI is InChI=1S/C17H26ClNO2/c1-5-7-19-14-10-15(17(14)20-6-2)21-13-8-11(3)16(18)12(4)9-13/h8-9,14-15,17,19H,5-7,10H2,1-4H3. The Morgan fingerprint density at radius 1 is 1.24 bits per heavy atom. The van der Waals surface area contributed by atoms with Crippen LogP contribution in [0.1, 0.15) is 37.8 Å². The minimum absolute atomic E-state index is 0.124. The third-order valence-corrected chi connectivity index (χ3v) is 4.56. The molecule has 0 spiro atoms. The molecule has 1 aromatic carbocycles. The van der Waals surface area contributed by atoms with Crippen molar-refractivity contribution in [2.75, 3.05) is 13.2 Å². The summed E-state index contributed by atoms with van der Waals surface area (Å²) in [5.41, 5.74) is 2.11. The molecule has 0 saturated heterocycles. The van der Waals surface area contributed by atoms with Gasteiger partial charge in [-0.2, -0.15) is 0 Å². The van der Waals surface area contributed by atoms with E-state index >= 15 is 0 Å². The molecule has 4 heteroatoms. The van der Waals surface area contributed by atoms with Crippen molar-refractivity contribution in [1.82, 2.24) is 5.32 Å². The third-order valence-electron chi connectivity index (χ3n) is 3.96. The van der Waals surface area contributed by atoms with Gasteiger partial charge in [-0.3, -0.25) is 0 Å². The minimum Gasteiger partial charge on any atom is -0.488 e. The van der Waals surface area contributed by atoms with Gasteiger partial charge < -0.3 is 14.8 Å². The lowest BCUT2D eigenvalue weighted by atomic mass is 9.85. The van der Waals surface area contributed by atoms with Crippen molar-refractivity contribution < 1.29 is 9.47 Å². The highest BCUT2D eigenvalue weighted by Crippen LogP contribution is 2.32. The predicted molar refractivity (Wildman–Crippen MR) is 87.5 cm³/mol. The highest BCUT2D eigenvalue weighted by molar-refractivity contribution is 6.32. The van der Waals surface area contributed by atoms with Crippen LogP contribution in [-0.2, 0) is 4.74 Å². The van der Waals surface area contributed by atoms with Crippen molar-refractivity contribution in [2.45, 2.75) is 58.8 Å². The average Bonchev–Trinajstić information content (AvgIpc) is 2.45. The quantitative estimate of drug-likeness (QED) is 0.829. The van der Waals surface area contributed by atoms with Gasteiger partial charge in [-0.05, 0) is 57.0 Å². The van der Waals surface area contributed by atoms with E-state index in [1.807, 2.05) is 32.9 Å². The molecule has 0 aromatic heterocycles. The zero-order chi connectivity index (χ0) is 15.4. The lowest BCUT2D eigenvalue weighted by Gasteiger charge is -2.44. The van der Waals surface area contributed by atoms with Crippen LogP contribution in [0.2, 0.25) is 5.02 Å². The van der Waals surface area contributed by atoms with E-state index in [1.54, 1.807) is 0 Å². The Hall–Kier alpha value is -0.770. The van der Waals surface area contributed by atoms with Gasteiger partial charge >= 0.3 is 0 Å². The lowest BCUT2D eigenvalue weighted by molar-refractivity contribution is -0.104. The van der Waals surface area contributed by atoms with E-state index in [4.69, 9.17) is 21.1 Å². The highest BCUT2D eigenvalue weighted by Gasteiger charge is 2.43. The molecule has 1 N–H and O–H groups in total. The molecule has 21 heavy (non-hydrogen) atoms. The summed E-state index contributed by atoms with van der Waals surface area (Å²) in [6.45, 7) is 9.97. The minimum atomic E-state index is 0.124. The van der Waals surface area contributed by atoms with Gasteiger partial charge in [-0.25, -0.2) is 0 Å². The average molecular weight is 312 g/mol. The Kier molecular flexibility index (Phi) is 5.91. The third kappa shape index (κ3) is 3.91. The second-order valence-corrected chi connectivity index (χ2v) is 6.12. The largest absolute Gasteiger partial charge is 0.488 e. The molecular formula is C17H26ClNO2. The highest BCUT2D eigenvalue weighted by atomic mass is 35.5. The van der Waals surface area contributed by atoms with Crippen molar-refractivity contribution in [2.24, 2.45) is 0 Å². The van der Waals surface area contributed by atoms with E-state index in [0.717, 1.165) is 41.3 Å². The summed E-state index contributed by atoms with van der Waals surface area (Å²) in [5.74, 6) is 0.887. The lowest BCUT2D eigenvalue weighted by Crippen LogP contribution is -2.61. The number of hydrogen-bond donors (Lipinski definition) is 1. The molecule has 3 atom stereocenters. The zero-order valence-corrected chi connectivity index (χ0v) is 14.2. The number of nitrogens with one attached hydrogen (secondary N) is 1. The fraction of sp³-hybridized carbons (Fsp3) is 0.647. The smallest absolute Gasteiger partial charge is 0.128 e. The van der Waals surface area contributed by atoms with Gasteiger partial charge in [0.1, 0.15) is 18.0 Å². The summed E-state index contributed by atoms with van der Waals surface area (Å²) in [6.07, 6.45) is 2.39. The fourth-order valence-electron chi connectivity index (χ4n) is 2.79. The van der Waals surface area contributed by atoms with Crippen molar-refractivity contribution in [3.8, 4) is 5.75 Å². The number of halogens is 1. The molecule has 2 rings (SSSR count). The summed E-state index contributed by atoms with van der Waals surface area (Å²) >= 11 is 6.20. The number of hydrogen-bond acceptors (Lipinski definition) is 3. The van der Waals surface area contributed by atoms with E-state index in [1.165, 1.54) is 0 Å². The van der Waals surface area contributed by atoms with Gasteiger partial charge in [0, 0.05) is 24.1 Å². The molecule has 1 aromatic rings. The van der Waals surface area contributed by atoms with Crippen LogP contribution in [0.3, 0.4) is 0 Å². The van der Waals surface area contributed by atoms with Gasteiger partial charge in [0.25, 0.3) is 0 Å². The van der Waals surface area contributed by atoms with Crippen LogP contribution in [0, 0.1) is 13.8 Å². The Bertz CT molecular complexity index is 455. The summed E-state index contributed by atoms with van der Waals surface area (Å²) in [4.78, 5) is 0. The first-order chi connectivity index (χ1) is 10.1. The molecule has 0 heterocycles. The fourth-order valence-corrected chi connectivity index (χ4v) is 2.90. The number of rotatable bonds is 7. The Labute approximate surface area is 133 Å². The van der Waals surface area contributed by atoms with Gasteiger partial charge in [-0.15, -0.1) is 0 Å². The first kappa shape index (κ1) is 16.6. The van der Waals surface area contributed by atoms with Gasteiger partial charge in [-0.1, -0.05) is 18.5 Å². The van der Waals surface area contributed by atoms with Crippen molar-refractivity contribution in [1.29, 1.82) is 0 Å². The van der Waals surface area contributed by atoms with Crippen LogP contribution in [0.15, 0.2) is 12.1 Å². The molecule has 3 unspecified atom stereocenters. The van der Waals surface area contributed by atoms with Crippen molar-refractivity contribution in [3.63, 3.8) is 0 Å². The van der Waals surface area contributed by atoms with E-state index in [9.17, 15) is 0 Å². The Morgan fingerprint density at radius 3 is 2.48 bits per heavy atom. The number of aryl methyl sites for hydroxylation is 2. The second kappa shape index (κ2) is 7.48. The summed E-state index contributed by atoms with van der Waals surface area (Å²) in [6, 6.07) is 4.42. The van der Waals surface area contributed by atoms with Crippen LogP contribution in [0.25, 0.3) is 0 Å². The topological polar surface area (TPSA) is 30.5 Å². The molecular weight excluding hydrogens is 286 g/mol. The maximum absolute atomic E-state index is 6.20. The van der Waals surface area contributed by atoms with Gasteiger partial charge in [0.05, 0.1) is 0 Å². The maximum Gasteiger partial charge on any atom is 0.128 e. The molecule has 1 fully saturated rings. The Balaban J connectivity index is 1.99. The number of benzene rings is 1. The molecule has 1 saturated carbocycles. The molecule has 0 amide bonds. The molecule has 3 nitrogen and oxygen atoms in total. The van der Waals surface area contributed by atoms with E-state index < -0.39 is 0 Å². The number of ether oxygens (including phenoxy) is 2. The molecule has 0 radical (unpaired) electrons. The maximum atomic E-state index is 6.20. The summed E-state index contributed by atoms with van der Waals surface area (Å²) in [7, 11) is 0. The van der Waals surface area contributed by atoms with Crippen LogP contribution < -0.4 is 10.1 Å². The Morgan fingerprint density at radius 2 is 1.90 bits per heavy atom. The zero-order valence-electron chi connectivity index (χ0n) is 13.4. The normalized spacial score (nSPS) is 24.7. The van der Waals surface area contributed by atoms with E-state index in [2.05, 4.69) is 12.2 Å². The summed E-state index contributed by atoms with van der Waals surface area (Å²) in [5, 5.41) is 4.34. The molecule has 1 aliphatic carbocycles.